The van der Waals surface area contributed by atoms with Crippen molar-refractivity contribution in [1.82, 2.24) is 0 Å². The lowest BCUT2D eigenvalue weighted by atomic mass is 9.83. The largest absolute Gasteiger partial charge is 0.327 e. The van der Waals surface area contributed by atoms with Crippen molar-refractivity contribution in [2.24, 2.45) is 16.8 Å². The molecule has 0 aliphatic heterocycles. The SMILES string of the molecule is NC1CCCCC1CC(=O)Nc1cccc(S(N)(=O)=O)c1. The molecule has 1 amide bonds. The summed E-state index contributed by atoms with van der Waals surface area (Å²) in [6.07, 6.45) is 4.51. The summed E-state index contributed by atoms with van der Waals surface area (Å²) in [5.41, 5.74) is 6.45. The molecule has 5 N–H and O–H groups in total. The third kappa shape index (κ3) is 4.52. The number of primary sulfonamides is 1. The Labute approximate surface area is 124 Å². The Kier molecular flexibility index (Phi) is 4.97. The fourth-order valence-corrected chi connectivity index (χ4v) is 3.25. The predicted octanol–water partition coefficient (Wildman–Crippen LogP) is 1.18. The van der Waals surface area contributed by atoms with E-state index < -0.39 is 10.0 Å². The van der Waals surface area contributed by atoms with Crippen molar-refractivity contribution in [2.75, 3.05) is 5.32 Å². The van der Waals surface area contributed by atoms with Gasteiger partial charge in [-0.3, -0.25) is 4.79 Å². The average Bonchev–Trinajstić information content (AvgIpc) is 2.41. The predicted molar refractivity (Wildman–Crippen MR) is 81.0 cm³/mol. The van der Waals surface area contributed by atoms with Gasteiger partial charge in [-0.2, -0.15) is 0 Å². The normalized spacial score (nSPS) is 22.8. The molecular weight excluding hydrogens is 290 g/mol. The molecule has 2 unspecified atom stereocenters. The first-order valence-corrected chi connectivity index (χ1v) is 8.59. The Morgan fingerprint density at radius 1 is 1.29 bits per heavy atom. The molecule has 0 aromatic heterocycles. The second-order valence-electron chi connectivity index (χ2n) is 5.53. The summed E-state index contributed by atoms with van der Waals surface area (Å²) < 4.78 is 22.6. The molecule has 0 bridgehead atoms. The topological polar surface area (TPSA) is 115 Å². The molecule has 21 heavy (non-hydrogen) atoms. The molecule has 7 heteroatoms. The summed E-state index contributed by atoms with van der Waals surface area (Å²) in [4.78, 5) is 12.0. The average molecular weight is 311 g/mol. The van der Waals surface area contributed by atoms with Crippen LogP contribution in [0.5, 0.6) is 0 Å². The number of anilines is 1. The van der Waals surface area contributed by atoms with E-state index >= 15 is 0 Å². The fraction of sp³-hybridized carbons (Fsp3) is 0.500. The van der Waals surface area contributed by atoms with Gasteiger partial charge in [-0.15, -0.1) is 0 Å². The first kappa shape index (κ1) is 15.9. The molecule has 2 atom stereocenters. The summed E-state index contributed by atoms with van der Waals surface area (Å²) in [7, 11) is -3.77. The summed E-state index contributed by atoms with van der Waals surface area (Å²) in [6.45, 7) is 0. The van der Waals surface area contributed by atoms with Crippen LogP contribution in [0, 0.1) is 5.92 Å². The third-order valence-electron chi connectivity index (χ3n) is 3.86. The Balaban J connectivity index is 1.99. The van der Waals surface area contributed by atoms with Crippen LogP contribution in [-0.4, -0.2) is 20.4 Å². The van der Waals surface area contributed by atoms with Gasteiger partial charge < -0.3 is 11.1 Å². The van der Waals surface area contributed by atoms with Crippen LogP contribution in [0.1, 0.15) is 32.1 Å². The second-order valence-corrected chi connectivity index (χ2v) is 7.09. The minimum Gasteiger partial charge on any atom is -0.327 e. The number of carbonyl (C=O) groups is 1. The Bertz CT molecular complexity index is 616. The van der Waals surface area contributed by atoms with Crippen LogP contribution < -0.4 is 16.2 Å². The second kappa shape index (κ2) is 6.55. The van der Waals surface area contributed by atoms with Crippen molar-refractivity contribution >= 4 is 21.6 Å². The first-order chi connectivity index (χ1) is 9.86. The zero-order valence-electron chi connectivity index (χ0n) is 11.8. The van der Waals surface area contributed by atoms with Crippen molar-refractivity contribution in [3.05, 3.63) is 24.3 Å². The van der Waals surface area contributed by atoms with Crippen molar-refractivity contribution in [3.63, 3.8) is 0 Å². The highest BCUT2D eigenvalue weighted by molar-refractivity contribution is 7.89. The number of nitrogens with two attached hydrogens (primary N) is 2. The van der Waals surface area contributed by atoms with E-state index in [-0.39, 0.29) is 22.8 Å². The van der Waals surface area contributed by atoms with Gasteiger partial charge in [0, 0.05) is 18.2 Å². The molecule has 1 aliphatic rings. The monoisotopic (exact) mass is 311 g/mol. The number of rotatable bonds is 4. The van der Waals surface area contributed by atoms with Crippen LogP contribution in [-0.2, 0) is 14.8 Å². The van der Waals surface area contributed by atoms with Crippen LogP contribution in [0.25, 0.3) is 0 Å². The molecule has 1 aromatic rings. The molecule has 6 nitrogen and oxygen atoms in total. The van der Waals surface area contributed by atoms with Crippen LogP contribution in [0.2, 0.25) is 0 Å². The number of sulfonamides is 1. The minimum atomic E-state index is -3.77. The van der Waals surface area contributed by atoms with Crippen LogP contribution >= 0.6 is 0 Å². The van der Waals surface area contributed by atoms with Gasteiger partial charge in [-0.05, 0) is 37.0 Å². The van der Waals surface area contributed by atoms with E-state index in [0.29, 0.717) is 12.1 Å². The van der Waals surface area contributed by atoms with Gasteiger partial charge in [0.2, 0.25) is 15.9 Å². The lowest BCUT2D eigenvalue weighted by Crippen LogP contribution is -2.35. The van der Waals surface area contributed by atoms with E-state index in [9.17, 15) is 13.2 Å². The quantitative estimate of drug-likeness (QED) is 0.774. The summed E-state index contributed by atoms with van der Waals surface area (Å²) in [6, 6.07) is 5.99. The summed E-state index contributed by atoms with van der Waals surface area (Å²) in [5, 5.41) is 7.77. The number of hydrogen-bond donors (Lipinski definition) is 3. The van der Waals surface area contributed by atoms with Crippen molar-refractivity contribution in [2.45, 2.75) is 43.0 Å². The molecular formula is C14H21N3O3S. The summed E-state index contributed by atoms with van der Waals surface area (Å²) in [5.74, 6) is 0.0455. The molecule has 1 fully saturated rings. The van der Waals surface area contributed by atoms with Gasteiger partial charge in [0.05, 0.1) is 4.90 Å². The van der Waals surface area contributed by atoms with Crippen LogP contribution in [0.3, 0.4) is 0 Å². The number of benzene rings is 1. The zero-order valence-corrected chi connectivity index (χ0v) is 12.6. The maximum absolute atomic E-state index is 12.0. The fourth-order valence-electron chi connectivity index (χ4n) is 2.69. The Hall–Kier alpha value is -1.44. The van der Waals surface area contributed by atoms with E-state index in [1.165, 1.54) is 12.1 Å². The van der Waals surface area contributed by atoms with Crippen LogP contribution in [0.15, 0.2) is 29.2 Å². The number of nitrogens with one attached hydrogen (secondary N) is 1. The van der Waals surface area contributed by atoms with Gasteiger partial charge in [0.15, 0.2) is 0 Å². The molecule has 0 radical (unpaired) electrons. The molecule has 1 saturated carbocycles. The van der Waals surface area contributed by atoms with Gasteiger partial charge >= 0.3 is 0 Å². The van der Waals surface area contributed by atoms with E-state index in [0.717, 1.165) is 25.7 Å². The van der Waals surface area contributed by atoms with E-state index in [4.69, 9.17) is 10.9 Å². The Morgan fingerprint density at radius 2 is 2.00 bits per heavy atom. The highest BCUT2D eigenvalue weighted by Gasteiger charge is 2.24. The van der Waals surface area contributed by atoms with Gasteiger partial charge in [0.1, 0.15) is 0 Å². The van der Waals surface area contributed by atoms with Gasteiger partial charge in [-0.1, -0.05) is 18.9 Å². The molecule has 1 aliphatic carbocycles. The molecule has 0 heterocycles. The zero-order chi connectivity index (χ0) is 15.5. The van der Waals surface area contributed by atoms with Crippen molar-refractivity contribution < 1.29 is 13.2 Å². The molecule has 0 saturated heterocycles. The lowest BCUT2D eigenvalue weighted by molar-refractivity contribution is -0.117. The molecule has 0 spiro atoms. The maximum Gasteiger partial charge on any atom is 0.238 e. The molecule has 2 rings (SSSR count). The number of hydrogen-bond acceptors (Lipinski definition) is 4. The standard InChI is InChI=1S/C14H21N3O3S/c15-13-7-2-1-4-10(13)8-14(18)17-11-5-3-6-12(9-11)21(16,19)20/h3,5-6,9-10,13H,1-2,4,7-8,15H2,(H,17,18)(H2,16,19,20). The van der Waals surface area contributed by atoms with Crippen molar-refractivity contribution in [1.29, 1.82) is 0 Å². The van der Waals surface area contributed by atoms with Gasteiger partial charge in [-0.25, -0.2) is 13.6 Å². The number of carbonyl (C=O) groups excluding carboxylic acids is 1. The molecule has 116 valence electrons. The minimum absolute atomic E-state index is 0.0188. The highest BCUT2D eigenvalue weighted by atomic mass is 32.2. The van der Waals surface area contributed by atoms with E-state index in [1.54, 1.807) is 12.1 Å². The molecule has 1 aromatic carbocycles. The van der Waals surface area contributed by atoms with Gasteiger partial charge in [0.25, 0.3) is 0 Å². The lowest BCUT2D eigenvalue weighted by Gasteiger charge is -2.27. The number of amides is 1. The third-order valence-corrected chi connectivity index (χ3v) is 4.77. The van der Waals surface area contributed by atoms with E-state index in [1.807, 2.05) is 0 Å². The maximum atomic E-state index is 12.0. The summed E-state index contributed by atoms with van der Waals surface area (Å²) >= 11 is 0. The Morgan fingerprint density at radius 3 is 2.67 bits per heavy atom. The van der Waals surface area contributed by atoms with Crippen LogP contribution in [0.4, 0.5) is 5.69 Å². The highest BCUT2D eigenvalue weighted by Crippen LogP contribution is 2.26. The smallest absolute Gasteiger partial charge is 0.238 e. The van der Waals surface area contributed by atoms with E-state index in [2.05, 4.69) is 5.32 Å². The first-order valence-electron chi connectivity index (χ1n) is 7.04. The van der Waals surface area contributed by atoms with Crippen molar-refractivity contribution in [3.8, 4) is 0 Å².